The van der Waals surface area contributed by atoms with Crippen LogP contribution in [0.25, 0.3) is 58.8 Å². The van der Waals surface area contributed by atoms with E-state index in [9.17, 15) is 0 Å². The molecule has 0 fully saturated rings. The number of hydrogen-bond acceptors (Lipinski definition) is 2. The summed E-state index contributed by atoms with van der Waals surface area (Å²) in [4.78, 5) is 2.37. The van der Waals surface area contributed by atoms with Gasteiger partial charge >= 0.3 is 0 Å². The maximum atomic E-state index is 3.77. The van der Waals surface area contributed by atoms with Gasteiger partial charge in [0.2, 0.25) is 0 Å². The SMILES string of the molecule is Brc1ccccc1-c1cccc(N(c2ccccc2)c2ccc3c(c2)c2cc4c(cc2n3-c2ccccc2)sc2ccccc24)c1.C/C=C\C.Cc1ccccc1. The van der Waals surface area contributed by atoms with Gasteiger partial charge in [-0.2, -0.15) is 0 Å². The van der Waals surface area contributed by atoms with Gasteiger partial charge in [-0.05, 0) is 111 Å². The first-order valence-corrected chi connectivity index (χ1v) is 20.9. The van der Waals surface area contributed by atoms with Crippen LogP contribution in [0.2, 0.25) is 0 Å². The molecular formula is C53H43BrN2S. The Bertz CT molecular complexity index is 2940. The predicted molar refractivity (Wildman–Crippen MR) is 253 cm³/mol. The van der Waals surface area contributed by atoms with Crippen molar-refractivity contribution in [3.63, 3.8) is 0 Å². The summed E-state index contributed by atoms with van der Waals surface area (Å²) in [7, 11) is 0. The Labute approximate surface area is 347 Å². The van der Waals surface area contributed by atoms with Gasteiger partial charge < -0.3 is 9.47 Å². The molecule has 0 saturated carbocycles. The molecule has 278 valence electrons. The fourth-order valence-corrected chi connectivity index (χ4v) is 8.92. The predicted octanol–water partition coefficient (Wildman–Crippen LogP) is 16.6. The van der Waals surface area contributed by atoms with E-state index in [-0.39, 0.29) is 0 Å². The lowest BCUT2D eigenvalue weighted by Gasteiger charge is -2.26. The minimum absolute atomic E-state index is 1.08. The number of para-hydroxylation sites is 2. The molecule has 10 rings (SSSR count). The molecule has 57 heavy (non-hydrogen) atoms. The molecule has 0 radical (unpaired) electrons. The van der Waals surface area contributed by atoms with Crippen LogP contribution in [0.1, 0.15) is 19.4 Å². The normalized spacial score (nSPS) is 11.1. The zero-order chi connectivity index (χ0) is 39.1. The summed E-state index contributed by atoms with van der Waals surface area (Å²) in [5.74, 6) is 0. The number of anilines is 3. The highest BCUT2D eigenvalue weighted by Gasteiger charge is 2.19. The van der Waals surface area contributed by atoms with Crippen LogP contribution >= 0.6 is 27.3 Å². The van der Waals surface area contributed by atoms with E-state index in [2.05, 4.69) is 208 Å². The van der Waals surface area contributed by atoms with Crippen molar-refractivity contribution >= 4 is 86.3 Å². The van der Waals surface area contributed by atoms with Crippen molar-refractivity contribution in [3.05, 3.63) is 216 Å². The molecule has 2 aromatic heterocycles. The van der Waals surface area contributed by atoms with Crippen LogP contribution in [0.4, 0.5) is 17.1 Å². The van der Waals surface area contributed by atoms with Gasteiger partial charge in [-0.25, -0.2) is 0 Å². The second-order valence-corrected chi connectivity index (χ2v) is 15.8. The van der Waals surface area contributed by atoms with Crippen LogP contribution in [0, 0.1) is 6.92 Å². The summed E-state index contributed by atoms with van der Waals surface area (Å²) in [5, 5.41) is 5.12. The molecule has 0 N–H and O–H groups in total. The van der Waals surface area contributed by atoms with E-state index in [1.807, 2.05) is 55.5 Å². The largest absolute Gasteiger partial charge is 0.310 e. The number of hydrogen-bond donors (Lipinski definition) is 0. The van der Waals surface area contributed by atoms with Crippen molar-refractivity contribution in [2.24, 2.45) is 0 Å². The van der Waals surface area contributed by atoms with Crippen LogP contribution < -0.4 is 4.90 Å². The summed E-state index contributed by atoms with van der Waals surface area (Å²) < 4.78 is 6.13. The first kappa shape index (κ1) is 37.7. The number of aromatic nitrogens is 1. The number of benzene rings is 8. The maximum absolute atomic E-state index is 3.77. The molecule has 0 aliphatic heterocycles. The second-order valence-electron chi connectivity index (χ2n) is 13.9. The molecule has 0 amide bonds. The fraction of sp³-hybridized carbons (Fsp3) is 0.0566. The number of allylic oxidation sites excluding steroid dienone is 2. The van der Waals surface area contributed by atoms with E-state index in [1.54, 1.807) is 0 Å². The first-order valence-electron chi connectivity index (χ1n) is 19.3. The minimum atomic E-state index is 1.08. The molecule has 0 atom stereocenters. The molecule has 0 aliphatic rings. The zero-order valence-corrected chi connectivity index (χ0v) is 34.7. The van der Waals surface area contributed by atoms with Crippen LogP contribution in [0.3, 0.4) is 0 Å². The Morgan fingerprint density at radius 1 is 0.474 bits per heavy atom. The highest BCUT2D eigenvalue weighted by atomic mass is 79.9. The first-order chi connectivity index (χ1) is 28.0. The average Bonchev–Trinajstić information content (AvgIpc) is 3.79. The lowest BCUT2D eigenvalue weighted by molar-refractivity contribution is 1.18. The molecule has 0 unspecified atom stereocenters. The molecule has 2 nitrogen and oxygen atoms in total. The zero-order valence-electron chi connectivity index (χ0n) is 32.3. The summed E-state index contributed by atoms with van der Waals surface area (Å²) in [5.41, 5.74) is 10.6. The summed E-state index contributed by atoms with van der Waals surface area (Å²) in [6.45, 7) is 6.08. The van der Waals surface area contributed by atoms with E-state index in [1.165, 1.54) is 58.7 Å². The molecule has 4 heteroatoms. The Morgan fingerprint density at radius 2 is 1.09 bits per heavy atom. The van der Waals surface area contributed by atoms with E-state index >= 15 is 0 Å². The quantitative estimate of drug-likeness (QED) is 0.157. The number of nitrogens with zero attached hydrogens (tertiary/aromatic N) is 2. The standard InChI is InChI=1S/C42H27BrN2S.C7H8.C4H8/c43-38-20-9-7-18-33(38)28-12-11-17-31(24-28)44(29-13-3-1-4-14-29)32-22-23-39-35(25-32)36-26-37-34-19-8-10-21-41(34)46-42(37)27-40(36)45(39)30-15-5-2-6-16-30;1-7-5-3-2-4-6-7;1-3-4-2/h1-27H;2-6H,1H3;3-4H,1-2H3/b;;4-3-. The van der Waals surface area contributed by atoms with Crippen molar-refractivity contribution in [2.75, 3.05) is 4.90 Å². The van der Waals surface area contributed by atoms with Gasteiger partial charge in [0.1, 0.15) is 0 Å². The average molecular weight is 820 g/mol. The molecule has 0 spiro atoms. The van der Waals surface area contributed by atoms with Crippen LogP contribution in [-0.2, 0) is 0 Å². The molecule has 0 bridgehead atoms. The Hall–Kier alpha value is -6.20. The number of halogens is 1. The smallest absolute Gasteiger partial charge is 0.0555 e. The van der Waals surface area contributed by atoms with Gasteiger partial charge in [0, 0.05) is 58.2 Å². The summed E-state index contributed by atoms with van der Waals surface area (Å²) in [6.07, 6.45) is 4.00. The lowest BCUT2D eigenvalue weighted by Crippen LogP contribution is -2.10. The topological polar surface area (TPSA) is 8.17 Å². The van der Waals surface area contributed by atoms with E-state index < -0.39 is 0 Å². The van der Waals surface area contributed by atoms with Gasteiger partial charge in [-0.1, -0.05) is 149 Å². The van der Waals surface area contributed by atoms with E-state index in [0.29, 0.717) is 0 Å². The van der Waals surface area contributed by atoms with Crippen molar-refractivity contribution in [1.29, 1.82) is 0 Å². The van der Waals surface area contributed by atoms with Crippen LogP contribution in [-0.4, -0.2) is 4.57 Å². The van der Waals surface area contributed by atoms with Gasteiger partial charge in [0.05, 0.1) is 11.0 Å². The maximum Gasteiger partial charge on any atom is 0.0555 e. The third kappa shape index (κ3) is 7.93. The summed E-state index contributed by atoms with van der Waals surface area (Å²) in [6, 6.07) is 69.3. The lowest BCUT2D eigenvalue weighted by atomic mass is 10.0. The molecule has 0 aliphatic carbocycles. The van der Waals surface area contributed by atoms with Gasteiger partial charge in [-0.3, -0.25) is 0 Å². The molecular weight excluding hydrogens is 777 g/mol. The Morgan fingerprint density at radius 3 is 1.79 bits per heavy atom. The van der Waals surface area contributed by atoms with Crippen molar-refractivity contribution in [3.8, 4) is 16.8 Å². The Kier molecular flexibility index (Phi) is 11.4. The molecule has 10 aromatic rings. The van der Waals surface area contributed by atoms with Crippen LogP contribution in [0.5, 0.6) is 0 Å². The number of aryl methyl sites for hydroxylation is 1. The van der Waals surface area contributed by atoms with Crippen molar-refractivity contribution < 1.29 is 0 Å². The highest BCUT2D eigenvalue weighted by Crippen LogP contribution is 2.44. The summed E-state index contributed by atoms with van der Waals surface area (Å²) >= 11 is 5.64. The number of fused-ring (bicyclic) bond motifs is 6. The Balaban J connectivity index is 0.000000363. The van der Waals surface area contributed by atoms with Gasteiger partial charge in [0.15, 0.2) is 0 Å². The molecule has 0 saturated heterocycles. The van der Waals surface area contributed by atoms with E-state index in [0.717, 1.165) is 27.2 Å². The molecule has 8 aromatic carbocycles. The molecule has 2 heterocycles. The highest BCUT2D eigenvalue weighted by molar-refractivity contribution is 9.10. The third-order valence-electron chi connectivity index (χ3n) is 10.1. The minimum Gasteiger partial charge on any atom is -0.310 e. The second kappa shape index (κ2) is 17.3. The van der Waals surface area contributed by atoms with Gasteiger partial charge in [-0.15, -0.1) is 11.3 Å². The van der Waals surface area contributed by atoms with Crippen molar-refractivity contribution in [1.82, 2.24) is 4.57 Å². The van der Waals surface area contributed by atoms with E-state index in [4.69, 9.17) is 0 Å². The van der Waals surface area contributed by atoms with Crippen LogP contribution in [0.15, 0.2) is 211 Å². The number of rotatable bonds is 5. The van der Waals surface area contributed by atoms with Gasteiger partial charge in [0.25, 0.3) is 0 Å². The third-order valence-corrected chi connectivity index (χ3v) is 11.9. The number of thiophene rings is 1. The van der Waals surface area contributed by atoms with Crippen molar-refractivity contribution in [2.45, 2.75) is 20.8 Å². The monoisotopic (exact) mass is 818 g/mol. The fourth-order valence-electron chi connectivity index (χ4n) is 7.29.